The minimum Gasteiger partial charge on any atom is -0.493 e. The van der Waals surface area contributed by atoms with Crippen LogP contribution < -0.4 is 9.47 Å². The van der Waals surface area contributed by atoms with E-state index in [1.165, 1.54) is 12.8 Å². The molecular formula is C18H26N2O3. The van der Waals surface area contributed by atoms with Gasteiger partial charge in [0.15, 0.2) is 11.5 Å². The zero-order valence-electron chi connectivity index (χ0n) is 14.0. The molecule has 1 aromatic carbocycles. The van der Waals surface area contributed by atoms with Crippen molar-refractivity contribution >= 4 is 5.91 Å². The third-order valence-corrected chi connectivity index (χ3v) is 4.67. The van der Waals surface area contributed by atoms with Gasteiger partial charge in [-0.3, -0.25) is 4.79 Å². The lowest BCUT2D eigenvalue weighted by molar-refractivity contribution is -0.144. The van der Waals surface area contributed by atoms with Gasteiger partial charge in [-0.2, -0.15) is 0 Å². The van der Waals surface area contributed by atoms with Gasteiger partial charge in [0.05, 0.1) is 20.2 Å². The van der Waals surface area contributed by atoms with Crippen LogP contribution in [0.25, 0.3) is 0 Å². The van der Waals surface area contributed by atoms with Crippen molar-refractivity contribution in [1.82, 2.24) is 9.80 Å². The van der Waals surface area contributed by atoms with Crippen molar-refractivity contribution in [2.24, 2.45) is 5.92 Å². The first-order valence-corrected chi connectivity index (χ1v) is 8.48. The average molecular weight is 318 g/mol. The van der Waals surface area contributed by atoms with Gasteiger partial charge in [-0.15, -0.1) is 0 Å². The van der Waals surface area contributed by atoms with Crippen molar-refractivity contribution in [1.29, 1.82) is 0 Å². The van der Waals surface area contributed by atoms with E-state index in [1.807, 2.05) is 36.1 Å². The number of carbonyl (C=O) groups excluding carboxylic acids is 1. The number of ether oxygens (including phenoxy) is 2. The van der Waals surface area contributed by atoms with Gasteiger partial charge in [0, 0.05) is 12.5 Å². The Morgan fingerprint density at radius 1 is 1.22 bits per heavy atom. The van der Waals surface area contributed by atoms with Gasteiger partial charge in [0.2, 0.25) is 5.91 Å². The van der Waals surface area contributed by atoms with E-state index in [9.17, 15) is 4.79 Å². The van der Waals surface area contributed by atoms with Crippen molar-refractivity contribution in [3.63, 3.8) is 0 Å². The van der Waals surface area contributed by atoms with Crippen LogP contribution in [-0.2, 0) is 4.79 Å². The molecule has 0 radical (unpaired) electrons. The molecule has 0 spiro atoms. The van der Waals surface area contributed by atoms with E-state index in [-0.39, 0.29) is 17.9 Å². The third-order valence-electron chi connectivity index (χ3n) is 4.67. The van der Waals surface area contributed by atoms with Crippen molar-refractivity contribution in [3.8, 4) is 11.5 Å². The molecule has 0 saturated carbocycles. The van der Waals surface area contributed by atoms with Crippen LogP contribution in [0, 0.1) is 5.92 Å². The molecule has 1 atom stereocenters. The summed E-state index contributed by atoms with van der Waals surface area (Å²) in [4.78, 5) is 16.8. The summed E-state index contributed by atoms with van der Waals surface area (Å²) in [5.74, 6) is 1.80. The first-order chi connectivity index (χ1) is 11.2. The lowest BCUT2D eigenvalue weighted by Gasteiger charge is -2.40. The topological polar surface area (TPSA) is 42.0 Å². The molecule has 0 aliphatic carbocycles. The van der Waals surface area contributed by atoms with E-state index in [1.54, 1.807) is 7.11 Å². The Labute approximate surface area is 138 Å². The smallest absolute Gasteiger partial charge is 0.226 e. The van der Waals surface area contributed by atoms with Crippen LogP contribution in [0.1, 0.15) is 19.8 Å². The normalized spacial score (nSPS) is 20.2. The molecule has 2 aliphatic heterocycles. The SMILES string of the molecule is COc1ccccc1OC1CN(C(=O)C(C)CN2CCCC2)C1. The summed E-state index contributed by atoms with van der Waals surface area (Å²) < 4.78 is 11.2. The number of carbonyl (C=O) groups is 1. The molecule has 1 amide bonds. The Hall–Kier alpha value is -1.75. The largest absolute Gasteiger partial charge is 0.493 e. The Balaban J connectivity index is 1.45. The second kappa shape index (κ2) is 7.21. The summed E-state index contributed by atoms with van der Waals surface area (Å²) in [6, 6.07) is 7.63. The summed E-state index contributed by atoms with van der Waals surface area (Å²) in [6.07, 6.45) is 2.59. The van der Waals surface area contributed by atoms with E-state index < -0.39 is 0 Å². The van der Waals surface area contributed by atoms with Crippen molar-refractivity contribution < 1.29 is 14.3 Å². The lowest BCUT2D eigenvalue weighted by atomic mass is 10.1. The maximum Gasteiger partial charge on any atom is 0.226 e. The van der Waals surface area contributed by atoms with Gasteiger partial charge in [-0.25, -0.2) is 0 Å². The monoisotopic (exact) mass is 318 g/mol. The van der Waals surface area contributed by atoms with E-state index in [0.29, 0.717) is 13.1 Å². The van der Waals surface area contributed by atoms with E-state index >= 15 is 0 Å². The molecule has 2 saturated heterocycles. The van der Waals surface area contributed by atoms with Crippen LogP contribution in [0.15, 0.2) is 24.3 Å². The van der Waals surface area contributed by atoms with Crippen LogP contribution in [0.2, 0.25) is 0 Å². The summed E-state index contributed by atoms with van der Waals surface area (Å²) >= 11 is 0. The summed E-state index contributed by atoms with van der Waals surface area (Å²) in [7, 11) is 1.64. The highest BCUT2D eigenvalue weighted by Gasteiger charge is 2.35. The molecule has 5 nitrogen and oxygen atoms in total. The second-order valence-corrected chi connectivity index (χ2v) is 6.54. The number of para-hydroxylation sites is 2. The van der Waals surface area contributed by atoms with E-state index in [2.05, 4.69) is 4.90 Å². The molecule has 1 aromatic rings. The fourth-order valence-electron chi connectivity index (χ4n) is 3.33. The number of likely N-dealkylation sites (tertiary alicyclic amines) is 2. The van der Waals surface area contributed by atoms with Crippen LogP contribution in [0.5, 0.6) is 11.5 Å². The standard InChI is InChI=1S/C18H26N2O3/c1-14(11-19-9-5-6-10-19)18(21)20-12-15(13-20)23-17-8-4-3-7-16(17)22-2/h3-4,7-8,14-15H,5-6,9-13H2,1-2H3. The molecule has 1 unspecified atom stereocenters. The maximum absolute atomic E-state index is 12.5. The number of hydrogen-bond donors (Lipinski definition) is 0. The number of rotatable bonds is 6. The quantitative estimate of drug-likeness (QED) is 0.805. The zero-order valence-corrected chi connectivity index (χ0v) is 14.0. The van der Waals surface area contributed by atoms with Crippen LogP contribution >= 0.6 is 0 Å². The average Bonchev–Trinajstić information content (AvgIpc) is 3.03. The molecule has 0 bridgehead atoms. The van der Waals surface area contributed by atoms with Crippen molar-refractivity contribution in [2.75, 3.05) is 39.8 Å². The first-order valence-electron chi connectivity index (χ1n) is 8.48. The van der Waals surface area contributed by atoms with Gasteiger partial charge in [-0.1, -0.05) is 19.1 Å². The van der Waals surface area contributed by atoms with Crippen LogP contribution in [0.3, 0.4) is 0 Å². The minimum absolute atomic E-state index is 0.0641. The Morgan fingerprint density at radius 2 is 1.87 bits per heavy atom. The predicted molar refractivity (Wildman–Crippen MR) is 88.8 cm³/mol. The minimum atomic E-state index is 0.0641. The van der Waals surface area contributed by atoms with Crippen molar-refractivity contribution in [2.45, 2.75) is 25.9 Å². The molecule has 0 aromatic heterocycles. The molecule has 2 heterocycles. The zero-order chi connectivity index (χ0) is 16.2. The second-order valence-electron chi connectivity index (χ2n) is 6.54. The molecule has 23 heavy (non-hydrogen) atoms. The number of amides is 1. The first kappa shape index (κ1) is 16.1. The van der Waals surface area contributed by atoms with Gasteiger partial charge < -0.3 is 19.3 Å². The maximum atomic E-state index is 12.5. The molecule has 2 aliphatic rings. The third kappa shape index (κ3) is 3.78. The number of nitrogens with zero attached hydrogens (tertiary/aromatic N) is 2. The molecule has 0 N–H and O–H groups in total. The molecule has 126 valence electrons. The highest BCUT2D eigenvalue weighted by molar-refractivity contribution is 5.79. The van der Waals surface area contributed by atoms with Gasteiger partial charge in [0.25, 0.3) is 0 Å². The molecular weight excluding hydrogens is 292 g/mol. The molecule has 2 fully saturated rings. The van der Waals surface area contributed by atoms with E-state index in [0.717, 1.165) is 31.1 Å². The Kier molecular flexibility index (Phi) is 5.06. The fraction of sp³-hybridized carbons (Fsp3) is 0.611. The van der Waals surface area contributed by atoms with Crippen LogP contribution in [0.4, 0.5) is 0 Å². The summed E-state index contributed by atoms with van der Waals surface area (Å²) in [5.41, 5.74) is 0. The Morgan fingerprint density at radius 3 is 2.52 bits per heavy atom. The van der Waals surface area contributed by atoms with Gasteiger partial charge in [0.1, 0.15) is 6.10 Å². The van der Waals surface area contributed by atoms with E-state index in [4.69, 9.17) is 9.47 Å². The van der Waals surface area contributed by atoms with Crippen molar-refractivity contribution in [3.05, 3.63) is 24.3 Å². The highest BCUT2D eigenvalue weighted by atomic mass is 16.5. The van der Waals surface area contributed by atoms with Crippen LogP contribution in [-0.4, -0.2) is 61.6 Å². The predicted octanol–water partition coefficient (Wildman–Crippen LogP) is 2.02. The molecule has 3 rings (SSSR count). The number of hydrogen-bond acceptors (Lipinski definition) is 4. The Bertz CT molecular complexity index is 537. The lowest BCUT2D eigenvalue weighted by Crippen LogP contribution is -2.58. The van der Waals surface area contributed by atoms with Gasteiger partial charge >= 0.3 is 0 Å². The molecule has 5 heteroatoms. The van der Waals surface area contributed by atoms with Gasteiger partial charge in [-0.05, 0) is 38.1 Å². The summed E-state index contributed by atoms with van der Waals surface area (Å²) in [5, 5.41) is 0. The fourth-order valence-corrected chi connectivity index (χ4v) is 3.33. The number of methoxy groups -OCH3 is 1. The summed E-state index contributed by atoms with van der Waals surface area (Å²) in [6.45, 7) is 6.53. The number of benzene rings is 1. The highest BCUT2D eigenvalue weighted by Crippen LogP contribution is 2.29.